The highest BCUT2D eigenvalue weighted by atomic mass is 16.3. The highest BCUT2D eigenvalue weighted by molar-refractivity contribution is 5.94. The molecule has 2 rings (SSSR count). The molecule has 0 spiro atoms. The van der Waals surface area contributed by atoms with Crippen LogP contribution in [0.3, 0.4) is 0 Å². The molecule has 1 unspecified atom stereocenters. The number of amides is 1. The van der Waals surface area contributed by atoms with E-state index >= 15 is 0 Å². The first-order valence-corrected chi connectivity index (χ1v) is 8.32. The Morgan fingerprint density at radius 2 is 2.23 bits per heavy atom. The predicted octanol–water partition coefficient (Wildman–Crippen LogP) is 2.42. The standard InChI is InChI=1S/C18H28N2O2/c1-14(2)11-19-18(22)16-7-5-6-15(10-16)12-20-9-4-3-8-17(20)13-21/h5-7,10,14,17,21H,3-4,8-9,11-13H2,1-2H3,(H,19,22). The minimum atomic E-state index is -0.00657. The summed E-state index contributed by atoms with van der Waals surface area (Å²) >= 11 is 0. The van der Waals surface area contributed by atoms with Crippen LogP contribution in [0.25, 0.3) is 0 Å². The van der Waals surface area contributed by atoms with Crippen molar-refractivity contribution in [1.29, 1.82) is 0 Å². The van der Waals surface area contributed by atoms with E-state index in [9.17, 15) is 9.90 Å². The first-order valence-electron chi connectivity index (χ1n) is 8.32. The van der Waals surface area contributed by atoms with Crippen LogP contribution in [0.5, 0.6) is 0 Å². The highest BCUT2D eigenvalue weighted by Crippen LogP contribution is 2.19. The molecule has 1 saturated heterocycles. The molecule has 1 aromatic rings. The molecule has 1 heterocycles. The number of rotatable bonds is 6. The molecule has 1 amide bonds. The molecule has 0 radical (unpaired) electrons. The Morgan fingerprint density at radius 1 is 1.41 bits per heavy atom. The lowest BCUT2D eigenvalue weighted by Crippen LogP contribution is -2.41. The molecule has 2 N–H and O–H groups in total. The normalized spacial score (nSPS) is 19.4. The third-order valence-corrected chi connectivity index (χ3v) is 4.21. The summed E-state index contributed by atoms with van der Waals surface area (Å²) in [5.41, 5.74) is 1.85. The number of aliphatic hydroxyl groups excluding tert-OH is 1. The van der Waals surface area contributed by atoms with E-state index in [0.717, 1.165) is 30.6 Å². The summed E-state index contributed by atoms with van der Waals surface area (Å²) in [6.07, 6.45) is 3.44. The van der Waals surface area contributed by atoms with Gasteiger partial charge in [0.25, 0.3) is 5.91 Å². The Hall–Kier alpha value is -1.39. The minimum Gasteiger partial charge on any atom is -0.395 e. The number of piperidine rings is 1. The molecule has 0 aromatic heterocycles. The lowest BCUT2D eigenvalue weighted by atomic mass is 10.0. The molecule has 0 saturated carbocycles. The van der Waals surface area contributed by atoms with Crippen LogP contribution in [0.15, 0.2) is 24.3 Å². The smallest absolute Gasteiger partial charge is 0.251 e. The maximum atomic E-state index is 12.1. The van der Waals surface area contributed by atoms with Crippen molar-refractivity contribution in [2.75, 3.05) is 19.7 Å². The molecular formula is C18H28N2O2. The van der Waals surface area contributed by atoms with Gasteiger partial charge in [0.15, 0.2) is 0 Å². The zero-order valence-electron chi connectivity index (χ0n) is 13.7. The van der Waals surface area contributed by atoms with E-state index in [-0.39, 0.29) is 18.6 Å². The zero-order valence-corrected chi connectivity index (χ0v) is 13.7. The van der Waals surface area contributed by atoms with Crippen LogP contribution >= 0.6 is 0 Å². The maximum Gasteiger partial charge on any atom is 0.251 e. The number of nitrogens with zero attached hydrogens (tertiary/aromatic N) is 1. The fourth-order valence-corrected chi connectivity index (χ4v) is 2.92. The van der Waals surface area contributed by atoms with Crippen molar-refractivity contribution >= 4 is 5.91 Å². The topological polar surface area (TPSA) is 52.6 Å². The monoisotopic (exact) mass is 304 g/mol. The van der Waals surface area contributed by atoms with Gasteiger partial charge in [-0.05, 0) is 43.0 Å². The second kappa shape index (κ2) is 8.30. The average Bonchev–Trinajstić information content (AvgIpc) is 2.53. The van der Waals surface area contributed by atoms with Gasteiger partial charge in [-0.3, -0.25) is 9.69 Å². The Balaban J connectivity index is 2.00. The first kappa shape index (κ1) is 17.0. The third kappa shape index (κ3) is 4.82. The van der Waals surface area contributed by atoms with E-state index in [4.69, 9.17) is 0 Å². The first-order chi connectivity index (χ1) is 10.6. The highest BCUT2D eigenvalue weighted by Gasteiger charge is 2.21. The van der Waals surface area contributed by atoms with Crippen LogP contribution in [0.4, 0.5) is 0 Å². The Bertz CT molecular complexity index is 488. The van der Waals surface area contributed by atoms with Gasteiger partial charge in [-0.2, -0.15) is 0 Å². The SMILES string of the molecule is CC(C)CNC(=O)c1cccc(CN2CCCCC2CO)c1. The predicted molar refractivity (Wildman–Crippen MR) is 88.7 cm³/mol. The molecule has 4 heteroatoms. The van der Waals surface area contributed by atoms with Crippen LogP contribution in [-0.4, -0.2) is 41.7 Å². The van der Waals surface area contributed by atoms with E-state index < -0.39 is 0 Å². The molecule has 1 atom stereocenters. The van der Waals surface area contributed by atoms with E-state index in [0.29, 0.717) is 12.5 Å². The zero-order chi connectivity index (χ0) is 15.9. The molecule has 1 aromatic carbocycles. The molecule has 1 aliphatic rings. The summed E-state index contributed by atoms with van der Waals surface area (Å²) in [5.74, 6) is 0.443. The van der Waals surface area contributed by atoms with Crippen LogP contribution in [-0.2, 0) is 6.54 Å². The largest absolute Gasteiger partial charge is 0.395 e. The Labute approximate surface area is 133 Å². The van der Waals surface area contributed by atoms with Gasteiger partial charge in [0.2, 0.25) is 0 Å². The summed E-state index contributed by atoms with van der Waals surface area (Å²) in [7, 11) is 0. The molecule has 122 valence electrons. The van der Waals surface area contributed by atoms with Crippen molar-refractivity contribution in [3.63, 3.8) is 0 Å². The minimum absolute atomic E-state index is 0.00657. The van der Waals surface area contributed by atoms with E-state index in [1.165, 1.54) is 12.8 Å². The van der Waals surface area contributed by atoms with Crippen molar-refractivity contribution in [3.8, 4) is 0 Å². The van der Waals surface area contributed by atoms with E-state index in [2.05, 4.69) is 30.1 Å². The lowest BCUT2D eigenvalue weighted by molar-refractivity contribution is 0.0840. The maximum absolute atomic E-state index is 12.1. The number of nitrogens with one attached hydrogen (secondary N) is 1. The molecule has 0 aliphatic carbocycles. The van der Waals surface area contributed by atoms with Crippen molar-refractivity contribution in [3.05, 3.63) is 35.4 Å². The van der Waals surface area contributed by atoms with Crippen molar-refractivity contribution < 1.29 is 9.90 Å². The fourth-order valence-electron chi connectivity index (χ4n) is 2.92. The second-order valence-electron chi connectivity index (χ2n) is 6.61. The summed E-state index contributed by atoms with van der Waals surface area (Å²) in [5, 5.41) is 12.5. The second-order valence-corrected chi connectivity index (χ2v) is 6.61. The number of hydrogen-bond donors (Lipinski definition) is 2. The third-order valence-electron chi connectivity index (χ3n) is 4.21. The number of aliphatic hydroxyl groups is 1. The number of benzene rings is 1. The van der Waals surface area contributed by atoms with Gasteiger partial charge in [-0.15, -0.1) is 0 Å². The van der Waals surface area contributed by atoms with Crippen LogP contribution in [0, 0.1) is 5.92 Å². The van der Waals surface area contributed by atoms with Crippen molar-refractivity contribution in [1.82, 2.24) is 10.2 Å². The Morgan fingerprint density at radius 3 is 2.95 bits per heavy atom. The van der Waals surface area contributed by atoms with E-state index in [1.54, 1.807) is 0 Å². The lowest BCUT2D eigenvalue weighted by Gasteiger charge is -2.34. The average molecular weight is 304 g/mol. The molecule has 1 aliphatic heterocycles. The van der Waals surface area contributed by atoms with Gasteiger partial charge >= 0.3 is 0 Å². The van der Waals surface area contributed by atoms with Gasteiger partial charge in [-0.25, -0.2) is 0 Å². The molecule has 0 bridgehead atoms. The van der Waals surface area contributed by atoms with Gasteiger partial charge in [0.05, 0.1) is 6.61 Å². The summed E-state index contributed by atoms with van der Waals surface area (Å²) in [6, 6.07) is 8.09. The van der Waals surface area contributed by atoms with Crippen molar-refractivity contribution in [2.24, 2.45) is 5.92 Å². The van der Waals surface area contributed by atoms with Crippen LogP contribution < -0.4 is 5.32 Å². The summed E-state index contributed by atoms with van der Waals surface area (Å²) in [6.45, 7) is 6.91. The molecule has 4 nitrogen and oxygen atoms in total. The van der Waals surface area contributed by atoms with E-state index in [1.807, 2.05) is 18.2 Å². The molecular weight excluding hydrogens is 276 g/mol. The van der Waals surface area contributed by atoms with Crippen LogP contribution in [0.2, 0.25) is 0 Å². The molecule has 22 heavy (non-hydrogen) atoms. The number of carbonyl (C=O) groups excluding carboxylic acids is 1. The number of likely N-dealkylation sites (tertiary alicyclic amines) is 1. The number of hydrogen-bond acceptors (Lipinski definition) is 3. The number of carbonyl (C=O) groups is 1. The summed E-state index contributed by atoms with van der Waals surface area (Å²) < 4.78 is 0. The van der Waals surface area contributed by atoms with Crippen molar-refractivity contribution in [2.45, 2.75) is 45.7 Å². The van der Waals surface area contributed by atoms with Crippen LogP contribution in [0.1, 0.15) is 49.0 Å². The Kier molecular flexibility index (Phi) is 6.40. The van der Waals surface area contributed by atoms with Gasteiger partial charge in [-0.1, -0.05) is 32.4 Å². The fraction of sp³-hybridized carbons (Fsp3) is 0.611. The van der Waals surface area contributed by atoms with Gasteiger partial charge < -0.3 is 10.4 Å². The summed E-state index contributed by atoms with van der Waals surface area (Å²) in [4.78, 5) is 14.5. The molecule has 1 fully saturated rings. The quantitative estimate of drug-likeness (QED) is 0.848. The van der Waals surface area contributed by atoms with Gasteiger partial charge in [0.1, 0.15) is 0 Å². The van der Waals surface area contributed by atoms with Gasteiger partial charge in [0, 0.05) is 24.7 Å².